The minimum Gasteiger partial charge on any atom is -0.378 e. The second-order valence-corrected chi connectivity index (χ2v) is 4.44. The smallest absolute Gasteiger partial charge is 0.257 e. The Bertz CT molecular complexity index is 585. The molecule has 0 saturated carbocycles. The van der Waals surface area contributed by atoms with Crippen molar-refractivity contribution in [2.75, 3.05) is 26.3 Å². The van der Waals surface area contributed by atoms with Crippen molar-refractivity contribution >= 4 is 11.6 Å². The van der Waals surface area contributed by atoms with Gasteiger partial charge in [0.25, 0.3) is 5.91 Å². The van der Waals surface area contributed by atoms with Crippen molar-refractivity contribution in [1.29, 1.82) is 0 Å². The molecule has 1 aliphatic heterocycles. The van der Waals surface area contributed by atoms with Gasteiger partial charge in [0.2, 0.25) is 0 Å². The minimum atomic E-state index is 0.0366. The lowest BCUT2D eigenvalue weighted by atomic mass is 10.2. The van der Waals surface area contributed by atoms with Crippen molar-refractivity contribution in [2.24, 2.45) is 0 Å². The maximum Gasteiger partial charge on any atom is 0.257 e. The van der Waals surface area contributed by atoms with Crippen molar-refractivity contribution < 1.29 is 9.53 Å². The van der Waals surface area contributed by atoms with E-state index in [0.29, 0.717) is 31.9 Å². The van der Waals surface area contributed by atoms with Gasteiger partial charge in [-0.05, 0) is 19.1 Å². The summed E-state index contributed by atoms with van der Waals surface area (Å²) in [7, 11) is 0. The zero-order valence-electron chi connectivity index (χ0n) is 10.3. The number of morpholine rings is 1. The first-order valence-electron chi connectivity index (χ1n) is 6.07. The number of hydrogen-bond acceptors (Lipinski definition) is 3. The van der Waals surface area contributed by atoms with Gasteiger partial charge in [0.15, 0.2) is 0 Å². The van der Waals surface area contributed by atoms with E-state index in [2.05, 4.69) is 4.98 Å². The molecule has 0 bridgehead atoms. The standard InChI is InChI=1S/C13H15N3O2/c1-10-9-16-4-2-3-11(12(16)14-10)13(17)15-5-7-18-8-6-15/h2-4,9H,5-8H2,1H3. The Morgan fingerprint density at radius 2 is 2.17 bits per heavy atom. The Hall–Kier alpha value is -1.88. The Morgan fingerprint density at radius 3 is 2.94 bits per heavy atom. The van der Waals surface area contributed by atoms with E-state index in [4.69, 9.17) is 4.74 Å². The van der Waals surface area contributed by atoms with Crippen molar-refractivity contribution in [3.8, 4) is 0 Å². The summed E-state index contributed by atoms with van der Waals surface area (Å²) in [6, 6.07) is 3.71. The van der Waals surface area contributed by atoms with Gasteiger partial charge >= 0.3 is 0 Å². The number of amides is 1. The van der Waals surface area contributed by atoms with Gasteiger partial charge in [-0.3, -0.25) is 4.79 Å². The Labute approximate surface area is 105 Å². The summed E-state index contributed by atoms with van der Waals surface area (Å²) in [6.45, 7) is 4.46. The summed E-state index contributed by atoms with van der Waals surface area (Å²) in [5.41, 5.74) is 2.30. The lowest BCUT2D eigenvalue weighted by molar-refractivity contribution is 0.0304. The van der Waals surface area contributed by atoms with E-state index in [1.807, 2.05) is 40.8 Å². The average molecular weight is 245 g/mol. The first kappa shape index (κ1) is 11.2. The molecule has 2 aromatic rings. The molecule has 0 aliphatic carbocycles. The summed E-state index contributed by atoms with van der Waals surface area (Å²) >= 11 is 0. The first-order valence-corrected chi connectivity index (χ1v) is 6.07. The second-order valence-electron chi connectivity index (χ2n) is 4.44. The lowest BCUT2D eigenvalue weighted by Gasteiger charge is -2.26. The molecule has 18 heavy (non-hydrogen) atoms. The van der Waals surface area contributed by atoms with E-state index in [0.717, 1.165) is 11.3 Å². The normalized spacial score (nSPS) is 16.2. The molecule has 0 atom stereocenters. The number of hydrogen-bond donors (Lipinski definition) is 0. The number of fused-ring (bicyclic) bond motifs is 1. The van der Waals surface area contributed by atoms with Crippen LogP contribution in [0.2, 0.25) is 0 Å². The molecular formula is C13H15N3O2. The molecule has 94 valence electrons. The van der Waals surface area contributed by atoms with Crippen LogP contribution in [0.4, 0.5) is 0 Å². The highest BCUT2D eigenvalue weighted by Gasteiger charge is 2.21. The maximum atomic E-state index is 12.4. The van der Waals surface area contributed by atoms with E-state index >= 15 is 0 Å². The van der Waals surface area contributed by atoms with Crippen LogP contribution < -0.4 is 0 Å². The highest BCUT2D eigenvalue weighted by Crippen LogP contribution is 2.14. The van der Waals surface area contributed by atoms with Crippen LogP contribution in [-0.2, 0) is 4.74 Å². The van der Waals surface area contributed by atoms with E-state index in [1.54, 1.807) is 0 Å². The third kappa shape index (κ3) is 1.86. The Balaban J connectivity index is 2.00. The number of imidazole rings is 1. The molecule has 1 saturated heterocycles. The number of nitrogens with zero attached hydrogens (tertiary/aromatic N) is 3. The molecule has 2 aromatic heterocycles. The zero-order valence-corrected chi connectivity index (χ0v) is 10.3. The Morgan fingerprint density at radius 1 is 1.39 bits per heavy atom. The molecule has 0 radical (unpaired) electrons. The van der Waals surface area contributed by atoms with Gasteiger partial charge in [0, 0.05) is 25.5 Å². The van der Waals surface area contributed by atoms with Crippen LogP contribution in [-0.4, -0.2) is 46.5 Å². The van der Waals surface area contributed by atoms with Crippen molar-refractivity contribution in [3.63, 3.8) is 0 Å². The van der Waals surface area contributed by atoms with Gasteiger partial charge in [0.1, 0.15) is 5.65 Å². The maximum absolute atomic E-state index is 12.4. The largest absolute Gasteiger partial charge is 0.378 e. The first-order chi connectivity index (χ1) is 8.75. The van der Waals surface area contributed by atoms with Crippen LogP contribution >= 0.6 is 0 Å². The van der Waals surface area contributed by atoms with E-state index in [9.17, 15) is 4.79 Å². The molecule has 0 N–H and O–H groups in total. The molecule has 0 spiro atoms. The highest BCUT2D eigenvalue weighted by molar-refractivity contribution is 5.99. The van der Waals surface area contributed by atoms with E-state index in [-0.39, 0.29) is 5.91 Å². The molecule has 1 aliphatic rings. The number of aryl methyl sites for hydroxylation is 1. The summed E-state index contributed by atoms with van der Waals surface area (Å²) in [6.07, 6.45) is 3.83. The second kappa shape index (κ2) is 4.42. The Kier molecular flexibility index (Phi) is 2.76. The zero-order chi connectivity index (χ0) is 12.5. The molecule has 0 aromatic carbocycles. The monoisotopic (exact) mass is 245 g/mol. The topological polar surface area (TPSA) is 46.8 Å². The highest BCUT2D eigenvalue weighted by atomic mass is 16.5. The predicted octanol–water partition coefficient (Wildman–Crippen LogP) is 1.12. The number of pyridine rings is 1. The van der Waals surface area contributed by atoms with E-state index in [1.165, 1.54) is 0 Å². The van der Waals surface area contributed by atoms with Crippen LogP contribution in [0.5, 0.6) is 0 Å². The van der Waals surface area contributed by atoms with Gasteiger partial charge in [-0.15, -0.1) is 0 Å². The van der Waals surface area contributed by atoms with Crippen molar-refractivity contribution in [3.05, 3.63) is 35.8 Å². The summed E-state index contributed by atoms with van der Waals surface area (Å²) in [5, 5.41) is 0. The molecule has 5 heteroatoms. The molecule has 5 nitrogen and oxygen atoms in total. The third-order valence-corrected chi connectivity index (χ3v) is 3.13. The molecule has 3 heterocycles. The molecule has 0 unspecified atom stereocenters. The summed E-state index contributed by atoms with van der Waals surface area (Å²) in [4.78, 5) is 18.7. The van der Waals surface area contributed by atoms with Crippen LogP contribution in [0.25, 0.3) is 5.65 Å². The average Bonchev–Trinajstić information content (AvgIpc) is 2.79. The molecule has 1 fully saturated rings. The van der Waals surface area contributed by atoms with Gasteiger partial charge in [-0.25, -0.2) is 4.98 Å². The quantitative estimate of drug-likeness (QED) is 0.756. The number of carbonyl (C=O) groups excluding carboxylic acids is 1. The summed E-state index contributed by atoms with van der Waals surface area (Å²) in [5.74, 6) is 0.0366. The molecule has 1 amide bonds. The van der Waals surface area contributed by atoms with Gasteiger partial charge in [-0.2, -0.15) is 0 Å². The van der Waals surface area contributed by atoms with Crippen LogP contribution in [0.1, 0.15) is 16.1 Å². The number of ether oxygens (including phenoxy) is 1. The molecule has 3 rings (SSSR count). The number of rotatable bonds is 1. The fourth-order valence-corrected chi connectivity index (χ4v) is 2.24. The number of carbonyl (C=O) groups is 1. The predicted molar refractivity (Wildman–Crippen MR) is 66.7 cm³/mol. The van der Waals surface area contributed by atoms with Gasteiger partial charge in [0.05, 0.1) is 24.5 Å². The van der Waals surface area contributed by atoms with Crippen LogP contribution in [0.3, 0.4) is 0 Å². The van der Waals surface area contributed by atoms with Gasteiger partial charge < -0.3 is 14.0 Å². The molecular weight excluding hydrogens is 230 g/mol. The van der Waals surface area contributed by atoms with Crippen molar-refractivity contribution in [2.45, 2.75) is 6.92 Å². The summed E-state index contributed by atoms with van der Waals surface area (Å²) < 4.78 is 7.15. The van der Waals surface area contributed by atoms with Crippen molar-refractivity contribution in [1.82, 2.24) is 14.3 Å². The van der Waals surface area contributed by atoms with Crippen LogP contribution in [0, 0.1) is 6.92 Å². The fourth-order valence-electron chi connectivity index (χ4n) is 2.24. The fraction of sp³-hybridized carbons (Fsp3) is 0.385. The third-order valence-electron chi connectivity index (χ3n) is 3.13. The SMILES string of the molecule is Cc1cn2cccc(C(=O)N3CCOCC3)c2n1. The van der Waals surface area contributed by atoms with Crippen LogP contribution in [0.15, 0.2) is 24.5 Å². The van der Waals surface area contributed by atoms with Gasteiger partial charge in [-0.1, -0.05) is 0 Å². The minimum absolute atomic E-state index is 0.0366. The van der Waals surface area contributed by atoms with E-state index < -0.39 is 0 Å². The lowest BCUT2D eigenvalue weighted by Crippen LogP contribution is -2.40. The number of aromatic nitrogens is 2.